The van der Waals surface area contributed by atoms with Crippen LogP contribution in [0.15, 0.2) is 16.7 Å². The Balaban J connectivity index is 2.17. The fourth-order valence-electron chi connectivity index (χ4n) is 2.74. The van der Waals surface area contributed by atoms with Gasteiger partial charge in [0, 0.05) is 29.3 Å². The molecule has 21 heavy (non-hydrogen) atoms. The van der Waals surface area contributed by atoms with Gasteiger partial charge < -0.3 is 5.32 Å². The van der Waals surface area contributed by atoms with Crippen LogP contribution in [0, 0.1) is 0 Å². The van der Waals surface area contributed by atoms with E-state index < -0.39 is 0 Å². The maximum absolute atomic E-state index is 12.6. The number of halogens is 1. The molecule has 116 valence electrons. The van der Waals surface area contributed by atoms with Crippen LogP contribution in [-0.2, 0) is 0 Å². The third-order valence-electron chi connectivity index (χ3n) is 3.87. The van der Waals surface area contributed by atoms with Gasteiger partial charge in [0.25, 0.3) is 5.91 Å². The lowest BCUT2D eigenvalue weighted by molar-refractivity contribution is 0.0370. The number of hydrogen-bond acceptors (Lipinski definition) is 4. The summed E-state index contributed by atoms with van der Waals surface area (Å²) >= 11 is 3.38. The zero-order chi connectivity index (χ0) is 15.4. The summed E-state index contributed by atoms with van der Waals surface area (Å²) in [6.45, 7) is 7.02. The quantitative estimate of drug-likeness (QED) is 0.871. The molecule has 0 aliphatic carbocycles. The summed E-state index contributed by atoms with van der Waals surface area (Å²) in [6.07, 6.45) is 5.14. The second kappa shape index (κ2) is 7.22. The van der Waals surface area contributed by atoms with E-state index in [0.717, 1.165) is 23.9 Å². The van der Waals surface area contributed by atoms with E-state index in [0.29, 0.717) is 23.5 Å². The van der Waals surface area contributed by atoms with Crippen molar-refractivity contribution in [2.24, 2.45) is 0 Å². The second-order valence-electron chi connectivity index (χ2n) is 5.56. The first kappa shape index (κ1) is 16.2. The summed E-state index contributed by atoms with van der Waals surface area (Å²) in [5, 5.41) is 5.20. The molecule has 6 heteroatoms. The number of carbonyl (C=O) groups excluding carboxylic acids is 1. The van der Waals surface area contributed by atoms with Gasteiger partial charge >= 0.3 is 0 Å². The van der Waals surface area contributed by atoms with Crippen LogP contribution < -0.4 is 10.7 Å². The number of amides is 1. The minimum atomic E-state index is -0.111. The zero-order valence-corrected chi connectivity index (χ0v) is 14.4. The number of carbonyl (C=O) groups is 1. The number of hydrogen-bond donors (Lipinski definition) is 2. The van der Waals surface area contributed by atoms with E-state index >= 15 is 0 Å². The molecule has 5 nitrogen and oxygen atoms in total. The van der Waals surface area contributed by atoms with Crippen molar-refractivity contribution in [2.75, 3.05) is 11.9 Å². The van der Waals surface area contributed by atoms with Gasteiger partial charge in [-0.2, -0.15) is 0 Å². The predicted octanol–water partition coefficient (Wildman–Crippen LogP) is 3.18. The van der Waals surface area contributed by atoms with E-state index in [1.165, 1.54) is 6.42 Å². The molecule has 1 aromatic heterocycles. The first-order valence-corrected chi connectivity index (χ1v) is 8.31. The molecule has 2 unspecified atom stereocenters. The third-order valence-corrected chi connectivity index (χ3v) is 4.30. The number of aromatic nitrogens is 1. The topological polar surface area (TPSA) is 57.3 Å². The van der Waals surface area contributed by atoms with Crippen molar-refractivity contribution in [3.05, 3.63) is 22.3 Å². The number of piperidine rings is 1. The highest BCUT2D eigenvalue weighted by Crippen LogP contribution is 2.22. The van der Waals surface area contributed by atoms with Crippen LogP contribution in [0.1, 0.15) is 50.4 Å². The average molecular weight is 355 g/mol. The average Bonchev–Trinajstić information content (AvgIpc) is 2.45. The number of pyridine rings is 1. The summed E-state index contributed by atoms with van der Waals surface area (Å²) in [5.74, 6) is 0.510. The van der Waals surface area contributed by atoms with Crippen LogP contribution in [0.25, 0.3) is 0 Å². The Bertz CT molecular complexity index is 498. The van der Waals surface area contributed by atoms with Crippen molar-refractivity contribution >= 4 is 27.7 Å². The highest BCUT2D eigenvalue weighted by atomic mass is 79.9. The minimum absolute atomic E-state index is 0.111. The van der Waals surface area contributed by atoms with Crippen molar-refractivity contribution in [3.63, 3.8) is 0 Å². The van der Waals surface area contributed by atoms with E-state index in [-0.39, 0.29) is 5.91 Å². The van der Waals surface area contributed by atoms with Gasteiger partial charge in [0.1, 0.15) is 5.82 Å². The van der Waals surface area contributed by atoms with Gasteiger partial charge in [-0.3, -0.25) is 10.2 Å². The molecule has 0 radical (unpaired) electrons. The molecule has 0 saturated carbocycles. The fourth-order valence-corrected chi connectivity index (χ4v) is 3.07. The fraction of sp³-hybridized carbons (Fsp3) is 0.600. The molecule has 1 aliphatic heterocycles. The van der Waals surface area contributed by atoms with Crippen LogP contribution in [0.3, 0.4) is 0 Å². The molecule has 1 fully saturated rings. The van der Waals surface area contributed by atoms with E-state index in [4.69, 9.17) is 0 Å². The Morgan fingerprint density at radius 3 is 2.71 bits per heavy atom. The molecule has 2 atom stereocenters. The lowest BCUT2D eigenvalue weighted by Crippen LogP contribution is -2.54. The highest BCUT2D eigenvalue weighted by molar-refractivity contribution is 9.10. The van der Waals surface area contributed by atoms with Gasteiger partial charge in [0.2, 0.25) is 0 Å². The standard InChI is InChI=1S/C15H23BrN4O/c1-4-17-14-13(8-12(16)9-18-14)15(21)19-20-10(2)6-5-7-11(20)3/h8-11H,4-7H2,1-3H3,(H,17,18)(H,19,21). The molecule has 1 aliphatic rings. The van der Waals surface area contributed by atoms with Crippen LogP contribution >= 0.6 is 15.9 Å². The molecule has 1 aromatic rings. The summed E-state index contributed by atoms with van der Waals surface area (Å²) in [7, 11) is 0. The van der Waals surface area contributed by atoms with Gasteiger partial charge in [-0.15, -0.1) is 0 Å². The molecule has 0 bridgehead atoms. The van der Waals surface area contributed by atoms with E-state index in [1.54, 1.807) is 12.3 Å². The monoisotopic (exact) mass is 354 g/mol. The first-order valence-electron chi connectivity index (χ1n) is 7.51. The third kappa shape index (κ3) is 3.95. The van der Waals surface area contributed by atoms with Crippen molar-refractivity contribution in [2.45, 2.75) is 52.1 Å². The van der Waals surface area contributed by atoms with Gasteiger partial charge in [-0.25, -0.2) is 9.99 Å². The molecule has 2 N–H and O–H groups in total. The molecule has 1 saturated heterocycles. The summed E-state index contributed by atoms with van der Waals surface area (Å²) in [6, 6.07) is 2.53. The van der Waals surface area contributed by atoms with Crippen LogP contribution in [0.2, 0.25) is 0 Å². The summed E-state index contributed by atoms with van der Waals surface area (Å²) in [5.41, 5.74) is 3.62. The van der Waals surface area contributed by atoms with E-state index in [2.05, 4.69) is 50.5 Å². The van der Waals surface area contributed by atoms with Crippen molar-refractivity contribution in [1.29, 1.82) is 0 Å². The van der Waals surface area contributed by atoms with Gasteiger partial charge in [-0.05, 0) is 55.6 Å². The Morgan fingerprint density at radius 2 is 2.10 bits per heavy atom. The molecule has 1 amide bonds. The minimum Gasteiger partial charge on any atom is -0.370 e. The van der Waals surface area contributed by atoms with Crippen LogP contribution in [-0.4, -0.2) is 34.5 Å². The summed E-state index contributed by atoms with van der Waals surface area (Å²) < 4.78 is 0.800. The maximum Gasteiger partial charge on any atom is 0.269 e. The number of nitrogens with zero attached hydrogens (tertiary/aromatic N) is 2. The van der Waals surface area contributed by atoms with Crippen LogP contribution in [0.5, 0.6) is 0 Å². The highest BCUT2D eigenvalue weighted by Gasteiger charge is 2.27. The second-order valence-corrected chi connectivity index (χ2v) is 6.47. The van der Waals surface area contributed by atoms with Gasteiger partial charge in [0.05, 0.1) is 5.56 Å². The Kier molecular flexibility index (Phi) is 5.58. The van der Waals surface area contributed by atoms with Crippen molar-refractivity contribution in [3.8, 4) is 0 Å². The summed E-state index contributed by atoms with van der Waals surface area (Å²) in [4.78, 5) is 16.9. The molecular formula is C15H23BrN4O. The number of hydrazine groups is 1. The molecule has 0 aromatic carbocycles. The molecule has 2 rings (SSSR count). The zero-order valence-electron chi connectivity index (χ0n) is 12.8. The Morgan fingerprint density at radius 1 is 1.43 bits per heavy atom. The maximum atomic E-state index is 12.6. The van der Waals surface area contributed by atoms with Gasteiger partial charge in [0.15, 0.2) is 0 Å². The smallest absolute Gasteiger partial charge is 0.269 e. The van der Waals surface area contributed by atoms with Crippen molar-refractivity contribution < 1.29 is 4.79 Å². The lowest BCUT2D eigenvalue weighted by atomic mass is 10.00. The normalized spacial score (nSPS) is 22.9. The predicted molar refractivity (Wildman–Crippen MR) is 88.2 cm³/mol. The van der Waals surface area contributed by atoms with E-state index in [9.17, 15) is 4.79 Å². The number of nitrogens with one attached hydrogen (secondary N) is 2. The Hall–Kier alpha value is -1.14. The Labute approximate surface area is 134 Å². The first-order chi connectivity index (χ1) is 10.0. The number of anilines is 1. The van der Waals surface area contributed by atoms with Gasteiger partial charge in [-0.1, -0.05) is 6.42 Å². The molecular weight excluding hydrogens is 332 g/mol. The molecule has 0 spiro atoms. The van der Waals surface area contributed by atoms with E-state index in [1.807, 2.05) is 6.92 Å². The lowest BCUT2D eigenvalue weighted by Gasteiger charge is -2.38. The SMILES string of the molecule is CCNc1ncc(Br)cc1C(=O)NN1C(C)CCCC1C. The van der Waals surface area contributed by atoms with Crippen LogP contribution in [0.4, 0.5) is 5.82 Å². The van der Waals surface area contributed by atoms with Crippen molar-refractivity contribution in [1.82, 2.24) is 15.4 Å². The molecule has 2 heterocycles. The largest absolute Gasteiger partial charge is 0.370 e. The number of rotatable bonds is 4.